The Morgan fingerprint density at radius 2 is 2.14 bits per heavy atom. The van der Waals surface area contributed by atoms with Crippen LogP contribution in [0.4, 0.5) is 5.69 Å². The number of aromatic nitrogens is 2. The van der Waals surface area contributed by atoms with Crippen molar-refractivity contribution < 1.29 is 8.94 Å². The van der Waals surface area contributed by atoms with E-state index in [4.69, 9.17) is 8.94 Å². The van der Waals surface area contributed by atoms with Gasteiger partial charge in [0.05, 0.1) is 18.4 Å². The van der Waals surface area contributed by atoms with E-state index >= 15 is 0 Å². The molecule has 0 saturated carbocycles. The molecule has 0 spiro atoms. The molecule has 0 aliphatic rings. The van der Waals surface area contributed by atoms with E-state index in [-0.39, 0.29) is 0 Å². The van der Waals surface area contributed by atoms with Crippen LogP contribution in [0.5, 0.6) is 0 Å². The van der Waals surface area contributed by atoms with Gasteiger partial charge >= 0.3 is 0 Å². The van der Waals surface area contributed by atoms with Crippen LogP contribution >= 0.6 is 15.9 Å². The Hall–Kier alpha value is -2.08. The highest BCUT2D eigenvalue weighted by Gasteiger charge is 2.12. The first-order valence-corrected chi connectivity index (χ1v) is 7.25. The van der Waals surface area contributed by atoms with E-state index in [0.717, 1.165) is 15.7 Å². The average molecular weight is 348 g/mol. The van der Waals surface area contributed by atoms with Crippen molar-refractivity contribution in [2.24, 2.45) is 0 Å². The van der Waals surface area contributed by atoms with Gasteiger partial charge in [0, 0.05) is 17.2 Å². The number of hydrogen-bond acceptors (Lipinski definition) is 5. The first-order chi connectivity index (χ1) is 10.1. The Morgan fingerprint density at radius 1 is 1.29 bits per heavy atom. The smallest absolute Gasteiger partial charge is 0.261 e. The molecule has 0 N–H and O–H groups in total. The van der Waals surface area contributed by atoms with Crippen LogP contribution in [0.3, 0.4) is 0 Å². The summed E-state index contributed by atoms with van der Waals surface area (Å²) in [5.41, 5.74) is 3.08. The van der Waals surface area contributed by atoms with Gasteiger partial charge in [-0.15, -0.1) is 0 Å². The van der Waals surface area contributed by atoms with Crippen molar-refractivity contribution in [1.29, 1.82) is 0 Å². The lowest BCUT2D eigenvalue weighted by Crippen LogP contribution is -2.17. The molecule has 1 aromatic carbocycles. The Balaban J connectivity index is 1.75. The molecule has 3 aromatic rings. The van der Waals surface area contributed by atoms with E-state index in [2.05, 4.69) is 44.0 Å². The zero-order valence-electron chi connectivity index (χ0n) is 11.7. The topological polar surface area (TPSA) is 55.3 Å². The summed E-state index contributed by atoms with van der Waals surface area (Å²) in [6.45, 7) is 2.63. The summed E-state index contributed by atoms with van der Waals surface area (Å²) < 4.78 is 11.3. The van der Waals surface area contributed by atoms with Crippen LogP contribution in [0.1, 0.15) is 11.4 Å². The summed E-state index contributed by atoms with van der Waals surface area (Å²) >= 11 is 3.50. The molecule has 0 atom stereocenters. The molecule has 5 nitrogen and oxygen atoms in total. The van der Waals surface area contributed by atoms with Crippen LogP contribution in [-0.4, -0.2) is 17.2 Å². The van der Waals surface area contributed by atoms with Crippen LogP contribution in [0, 0.1) is 6.92 Å². The lowest BCUT2D eigenvalue weighted by molar-refractivity contribution is 0.421. The first kappa shape index (κ1) is 13.9. The van der Waals surface area contributed by atoms with Crippen molar-refractivity contribution in [3.05, 3.63) is 52.7 Å². The van der Waals surface area contributed by atoms with Crippen LogP contribution in [-0.2, 0) is 6.54 Å². The lowest BCUT2D eigenvalue weighted by Gasteiger charge is -2.18. The van der Waals surface area contributed by atoms with Gasteiger partial charge in [-0.25, -0.2) is 0 Å². The van der Waals surface area contributed by atoms with E-state index in [1.807, 2.05) is 19.2 Å². The number of benzene rings is 1. The van der Waals surface area contributed by atoms with Gasteiger partial charge in [-0.05, 0) is 36.8 Å². The normalized spacial score (nSPS) is 10.8. The van der Waals surface area contributed by atoms with E-state index in [1.165, 1.54) is 5.56 Å². The van der Waals surface area contributed by atoms with Crippen LogP contribution < -0.4 is 4.90 Å². The van der Waals surface area contributed by atoms with E-state index in [1.54, 1.807) is 18.6 Å². The minimum atomic E-state index is 0.471. The van der Waals surface area contributed by atoms with Crippen molar-refractivity contribution >= 4 is 21.6 Å². The minimum Gasteiger partial charge on any atom is -0.472 e. The first-order valence-electron chi connectivity index (χ1n) is 6.46. The lowest BCUT2D eigenvalue weighted by atomic mass is 10.2. The van der Waals surface area contributed by atoms with E-state index < -0.39 is 0 Å². The Labute approximate surface area is 130 Å². The molecule has 3 rings (SSSR count). The predicted molar refractivity (Wildman–Crippen MR) is 83.0 cm³/mol. The van der Waals surface area contributed by atoms with Crippen LogP contribution in [0.25, 0.3) is 11.5 Å². The monoisotopic (exact) mass is 347 g/mol. The summed E-state index contributed by atoms with van der Waals surface area (Å²) in [5.74, 6) is 1.11. The molecule has 0 unspecified atom stereocenters. The number of aryl methyl sites for hydroxylation is 1. The third kappa shape index (κ3) is 3.00. The number of halogens is 1. The molecule has 0 bridgehead atoms. The average Bonchev–Trinajstić information content (AvgIpc) is 3.12. The van der Waals surface area contributed by atoms with Gasteiger partial charge in [0.2, 0.25) is 0 Å². The second kappa shape index (κ2) is 5.73. The number of furan rings is 1. The highest BCUT2D eigenvalue weighted by atomic mass is 79.9. The van der Waals surface area contributed by atoms with Gasteiger partial charge < -0.3 is 13.8 Å². The van der Waals surface area contributed by atoms with Crippen molar-refractivity contribution in [2.45, 2.75) is 13.5 Å². The number of rotatable bonds is 4. The highest BCUT2D eigenvalue weighted by Crippen LogP contribution is 2.23. The Bertz CT molecular complexity index is 737. The molecule has 0 amide bonds. The molecule has 0 fully saturated rings. The summed E-state index contributed by atoms with van der Waals surface area (Å²) in [5, 5.41) is 4.00. The molecular weight excluding hydrogens is 334 g/mol. The SMILES string of the molecule is Cc1cc(N(C)Cc2noc(-c3ccoc3)n2)ccc1Br. The molecule has 0 saturated heterocycles. The largest absolute Gasteiger partial charge is 0.472 e. The summed E-state index contributed by atoms with van der Waals surface area (Å²) in [6.07, 6.45) is 3.16. The number of hydrogen-bond donors (Lipinski definition) is 0. The zero-order valence-corrected chi connectivity index (χ0v) is 13.3. The molecule has 0 radical (unpaired) electrons. The molecule has 21 heavy (non-hydrogen) atoms. The third-order valence-corrected chi connectivity index (χ3v) is 4.09. The second-order valence-electron chi connectivity index (χ2n) is 4.82. The molecule has 6 heteroatoms. The van der Waals surface area contributed by atoms with Gasteiger partial charge in [0.15, 0.2) is 5.82 Å². The van der Waals surface area contributed by atoms with E-state index in [9.17, 15) is 0 Å². The summed E-state index contributed by atoms with van der Waals surface area (Å²) in [7, 11) is 2.00. The van der Waals surface area contributed by atoms with Crippen molar-refractivity contribution in [1.82, 2.24) is 10.1 Å². The molecular formula is C15H14BrN3O2. The number of nitrogens with zero attached hydrogens (tertiary/aromatic N) is 3. The quantitative estimate of drug-likeness (QED) is 0.712. The minimum absolute atomic E-state index is 0.471. The van der Waals surface area contributed by atoms with Crippen LogP contribution in [0.2, 0.25) is 0 Å². The molecule has 108 valence electrons. The Kier molecular flexibility index (Phi) is 3.79. The van der Waals surface area contributed by atoms with Gasteiger partial charge in [-0.1, -0.05) is 21.1 Å². The molecule has 2 aromatic heterocycles. The predicted octanol–water partition coefficient (Wildman–Crippen LogP) is 4.04. The zero-order chi connectivity index (χ0) is 14.8. The fraction of sp³-hybridized carbons (Fsp3) is 0.200. The van der Waals surface area contributed by atoms with E-state index in [0.29, 0.717) is 18.3 Å². The maximum absolute atomic E-state index is 5.23. The maximum atomic E-state index is 5.23. The maximum Gasteiger partial charge on any atom is 0.261 e. The molecule has 0 aliphatic carbocycles. The Morgan fingerprint density at radius 3 is 2.86 bits per heavy atom. The fourth-order valence-corrected chi connectivity index (χ4v) is 2.24. The third-order valence-electron chi connectivity index (χ3n) is 3.20. The highest BCUT2D eigenvalue weighted by molar-refractivity contribution is 9.10. The van der Waals surface area contributed by atoms with Gasteiger partial charge in [-0.2, -0.15) is 4.98 Å². The van der Waals surface area contributed by atoms with Crippen molar-refractivity contribution in [3.8, 4) is 11.5 Å². The van der Waals surface area contributed by atoms with Gasteiger partial charge in [-0.3, -0.25) is 0 Å². The van der Waals surface area contributed by atoms with Crippen LogP contribution in [0.15, 0.2) is 50.2 Å². The molecule has 0 aliphatic heterocycles. The number of anilines is 1. The fourth-order valence-electron chi connectivity index (χ4n) is 1.99. The molecule has 2 heterocycles. The van der Waals surface area contributed by atoms with Crippen molar-refractivity contribution in [3.63, 3.8) is 0 Å². The standard InChI is InChI=1S/C15H14BrN3O2/c1-10-7-12(3-4-13(10)16)19(2)8-14-17-15(21-18-14)11-5-6-20-9-11/h3-7,9H,8H2,1-2H3. The summed E-state index contributed by atoms with van der Waals surface area (Å²) in [4.78, 5) is 6.44. The van der Waals surface area contributed by atoms with Gasteiger partial charge in [0.1, 0.15) is 6.26 Å². The van der Waals surface area contributed by atoms with Gasteiger partial charge in [0.25, 0.3) is 5.89 Å². The second-order valence-corrected chi connectivity index (χ2v) is 5.67. The summed E-state index contributed by atoms with van der Waals surface area (Å²) in [6, 6.07) is 7.99. The van der Waals surface area contributed by atoms with Crippen molar-refractivity contribution in [2.75, 3.05) is 11.9 Å².